The molecule has 1 unspecified atom stereocenters. The molecule has 0 bridgehead atoms. The highest BCUT2D eigenvalue weighted by atomic mass is 16.5. The summed E-state index contributed by atoms with van der Waals surface area (Å²) in [7, 11) is 1.79. The average molecular weight is 275 g/mol. The molecule has 2 heteroatoms. The Labute approximate surface area is 123 Å². The molecular formula is C18H29NO. The SMILES string of the molecule is COC(C)(C)CNC(c1ccccc1)C1CCCCC1. The van der Waals surface area contributed by atoms with Crippen LogP contribution >= 0.6 is 0 Å². The molecule has 0 aromatic heterocycles. The minimum Gasteiger partial charge on any atom is -0.377 e. The fourth-order valence-corrected chi connectivity index (χ4v) is 3.11. The zero-order valence-corrected chi connectivity index (χ0v) is 13.2. The third-order valence-electron chi connectivity index (χ3n) is 4.58. The fraction of sp³-hybridized carbons (Fsp3) is 0.667. The predicted molar refractivity (Wildman–Crippen MR) is 84.8 cm³/mol. The van der Waals surface area contributed by atoms with Gasteiger partial charge in [0.1, 0.15) is 0 Å². The van der Waals surface area contributed by atoms with Crippen LogP contribution in [0.15, 0.2) is 30.3 Å². The van der Waals surface area contributed by atoms with E-state index in [0.29, 0.717) is 6.04 Å². The van der Waals surface area contributed by atoms with Crippen molar-refractivity contribution < 1.29 is 4.74 Å². The molecule has 0 spiro atoms. The van der Waals surface area contributed by atoms with Crippen LogP contribution in [0.5, 0.6) is 0 Å². The quantitative estimate of drug-likeness (QED) is 0.834. The molecule has 112 valence electrons. The van der Waals surface area contributed by atoms with Gasteiger partial charge in [0.2, 0.25) is 0 Å². The molecular weight excluding hydrogens is 246 g/mol. The largest absolute Gasteiger partial charge is 0.377 e. The summed E-state index contributed by atoms with van der Waals surface area (Å²) in [4.78, 5) is 0. The molecule has 0 radical (unpaired) electrons. The van der Waals surface area contributed by atoms with Crippen LogP contribution in [0.3, 0.4) is 0 Å². The van der Waals surface area contributed by atoms with Gasteiger partial charge in [-0.15, -0.1) is 0 Å². The van der Waals surface area contributed by atoms with Crippen LogP contribution in [-0.4, -0.2) is 19.3 Å². The number of rotatable bonds is 6. The smallest absolute Gasteiger partial charge is 0.0746 e. The standard InChI is InChI=1S/C18H29NO/c1-18(2,20-3)14-19-17(15-10-6-4-7-11-15)16-12-8-5-9-13-16/h4,6-7,10-11,16-17,19H,5,8-9,12-14H2,1-3H3. The first-order valence-corrected chi connectivity index (χ1v) is 7.96. The number of ether oxygens (including phenoxy) is 1. The molecule has 0 saturated heterocycles. The molecule has 20 heavy (non-hydrogen) atoms. The van der Waals surface area contributed by atoms with Gasteiger partial charge in [0.15, 0.2) is 0 Å². The van der Waals surface area contributed by atoms with Crippen molar-refractivity contribution in [1.29, 1.82) is 0 Å². The lowest BCUT2D eigenvalue weighted by atomic mass is 9.81. The molecule has 1 aromatic rings. The Hall–Kier alpha value is -0.860. The van der Waals surface area contributed by atoms with Gasteiger partial charge in [0.05, 0.1) is 5.60 Å². The Balaban J connectivity index is 2.07. The summed E-state index contributed by atoms with van der Waals surface area (Å²) in [6.07, 6.45) is 6.86. The molecule has 0 amide bonds. The number of nitrogens with one attached hydrogen (secondary N) is 1. The van der Waals surface area contributed by atoms with Crippen molar-refractivity contribution in [1.82, 2.24) is 5.32 Å². The number of hydrogen-bond acceptors (Lipinski definition) is 2. The number of benzene rings is 1. The zero-order valence-electron chi connectivity index (χ0n) is 13.2. The van der Waals surface area contributed by atoms with Crippen LogP contribution in [0, 0.1) is 5.92 Å². The summed E-state index contributed by atoms with van der Waals surface area (Å²) < 4.78 is 5.55. The Bertz CT molecular complexity index is 382. The normalized spacial score (nSPS) is 18.9. The van der Waals surface area contributed by atoms with Crippen molar-refractivity contribution in [2.45, 2.75) is 57.6 Å². The third kappa shape index (κ3) is 4.32. The van der Waals surface area contributed by atoms with Gasteiger partial charge in [-0.25, -0.2) is 0 Å². The van der Waals surface area contributed by atoms with Gasteiger partial charge >= 0.3 is 0 Å². The van der Waals surface area contributed by atoms with E-state index in [1.165, 1.54) is 37.7 Å². The van der Waals surface area contributed by atoms with Crippen LogP contribution in [0.2, 0.25) is 0 Å². The molecule has 1 aliphatic rings. The first-order valence-electron chi connectivity index (χ1n) is 7.96. The molecule has 1 aromatic carbocycles. The number of hydrogen-bond donors (Lipinski definition) is 1. The van der Waals surface area contributed by atoms with Crippen molar-refractivity contribution in [2.75, 3.05) is 13.7 Å². The highest BCUT2D eigenvalue weighted by molar-refractivity contribution is 5.20. The maximum absolute atomic E-state index is 5.55. The Kier molecular flexibility index (Phi) is 5.62. The second kappa shape index (κ2) is 7.24. The third-order valence-corrected chi connectivity index (χ3v) is 4.58. The Morgan fingerprint density at radius 1 is 1.15 bits per heavy atom. The minimum atomic E-state index is -0.109. The lowest BCUT2D eigenvalue weighted by molar-refractivity contribution is 0.0185. The molecule has 0 heterocycles. The highest BCUT2D eigenvalue weighted by Gasteiger charge is 2.27. The molecule has 1 saturated carbocycles. The lowest BCUT2D eigenvalue weighted by Gasteiger charge is -2.34. The molecule has 1 aliphatic carbocycles. The molecule has 1 fully saturated rings. The lowest BCUT2D eigenvalue weighted by Crippen LogP contribution is -2.41. The van der Waals surface area contributed by atoms with Gasteiger partial charge in [-0.2, -0.15) is 0 Å². The van der Waals surface area contributed by atoms with Crippen LogP contribution in [-0.2, 0) is 4.74 Å². The van der Waals surface area contributed by atoms with E-state index >= 15 is 0 Å². The highest BCUT2D eigenvalue weighted by Crippen LogP contribution is 2.34. The van der Waals surface area contributed by atoms with Crippen molar-refractivity contribution in [3.8, 4) is 0 Å². The van der Waals surface area contributed by atoms with E-state index in [2.05, 4.69) is 49.5 Å². The van der Waals surface area contributed by atoms with Crippen molar-refractivity contribution in [3.63, 3.8) is 0 Å². The van der Waals surface area contributed by atoms with Crippen molar-refractivity contribution in [3.05, 3.63) is 35.9 Å². The van der Waals surface area contributed by atoms with E-state index < -0.39 is 0 Å². The van der Waals surface area contributed by atoms with E-state index in [9.17, 15) is 0 Å². The van der Waals surface area contributed by atoms with Crippen LogP contribution < -0.4 is 5.32 Å². The molecule has 2 nitrogen and oxygen atoms in total. The summed E-state index contributed by atoms with van der Waals surface area (Å²) in [6, 6.07) is 11.4. The summed E-state index contributed by atoms with van der Waals surface area (Å²) in [5.74, 6) is 0.763. The molecule has 2 rings (SSSR count). The minimum absolute atomic E-state index is 0.109. The summed E-state index contributed by atoms with van der Waals surface area (Å²) in [5, 5.41) is 3.77. The van der Waals surface area contributed by atoms with Crippen LogP contribution in [0.1, 0.15) is 57.6 Å². The van der Waals surface area contributed by atoms with E-state index in [1.807, 2.05) is 0 Å². The van der Waals surface area contributed by atoms with Gasteiger partial charge in [-0.3, -0.25) is 0 Å². The van der Waals surface area contributed by atoms with Crippen molar-refractivity contribution >= 4 is 0 Å². The second-order valence-corrected chi connectivity index (χ2v) is 6.63. The molecule has 1 N–H and O–H groups in total. The summed E-state index contributed by atoms with van der Waals surface area (Å²) in [6.45, 7) is 5.17. The van der Waals surface area contributed by atoms with Crippen LogP contribution in [0.25, 0.3) is 0 Å². The van der Waals surface area contributed by atoms with Gasteiger partial charge in [0.25, 0.3) is 0 Å². The summed E-state index contributed by atoms with van der Waals surface area (Å²) >= 11 is 0. The molecule has 1 atom stereocenters. The summed E-state index contributed by atoms with van der Waals surface area (Å²) in [5.41, 5.74) is 1.31. The first kappa shape index (κ1) is 15.5. The Morgan fingerprint density at radius 2 is 1.80 bits per heavy atom. The van der Waals surface area contributed by atoms with E-state index in [1.54, 1.807) is 7.11 Å². The zero-order chi connectivity index (χ0) is 14.4. The fourth-order valence-electron chi connectivity index (χ4n) is 3.11. The van der Waals surface area contributed by atoms with Gasteiger partial charge < -0.3 is 10.1 Å². The van der Waals surface area contributed by atoms with E-state index in [0.717, 1.165) is 12.5 Å². The van der Waals surface area contributed by atoms with Gasteiger partial charge in [-0.1, -0.05) is 49.6 Å². The molecule has 0 aliphatic heterocycles. The van der Waals surface area contributed by atoms with Crippen molar-refractivity contribution in [2.24, 2.45) is 5.92 Å². The van der Waals surface area contributed by atoms with E-state index in [-0.39, 0.29) is 5.60 Å². The second-order valence-electron chi connectivity index (χ2n) is 6.63. The number of methoxy groups -OCH3 is 1. The topological polar surface area (TPSA) is 21.3 Å². The monoisotopic (exact) mass is 275 g/mol. The van der Waals surface area contributed by atoms with Gasteiger partial charge in [-0.05, 0) is 38.2 Å². The average Bonchev–Trinajstić information content (AvgIpc) is 2.49. The maximum Gasteiger partial charge on any atom is 0.0746 e. The van der Waals surface area contributed by atoms with Gasteiger partial charge in [0, 0.05) is 19.7 Å². The first-order chi connectivity index (χ1) is 9.62. The maximum atomic E-state index is 5.55. The van der Waals surface area contributed by atoms with E-state index in [4.69, 9.17) is 4.74 Å². The predicted octanol–water partition coefficient (Wildman–Crippen LogP) is 4.32. The van der Waals surface area contributed by atoms with Crippen LogP contribution in [0.4, 0.5) is 0 Å². The Morgan fingerprint density at radius 3 is 2.40 bits per heavy atom.